The fraction of sp³-hybridized carbons (Fsp3) is 0.324. The van der Waals surface area contributed by atoms with Crippen molar-refractivity contribution in [1.82, 2.24) is 20.9 Å². The van der Waals surface area contributed by atoms with E-state index < -0.39 is 41.8 Å². The van der Waals surface area contributed by atoms with Crippen molar-refractivity contribution in [2.75, 3.05) is 13.6 Å². The minimum atomic E-state index is -1.23. The maximum Gasteiger partial charge on any atom is 0.320 e. The molecule has 4 rings (SSSR count). The van der Waals surface area contributed by atoms with Crippen molar-refractivity contribution in [3.63, 3.8) is 0 Å². The van der Waals surface area contributed by atoms with Gasteiger partial charge in [-0.25, -0.2) is 0 Å². The molecule has 230 valence electrons. The number of imide groups is 1. The molecular formula is C34H38N4O6. The molecule has 3 aromatic carbocycles. The molecule has 0 bridgehead atoms. The monoisotopic (exact) mass is 598 g/mol. The average Bonchev–Trinajstić information content (AvgIpc) is 3.26. The van der Waals surface area contributed by atoms with Crippen LogP contribution in [0.15, 0.2) is 78.9 Å². The highest BCUT2D eigenvalue weighted by atomic mass is 16.4. The number of fused-ring (bicyclic) bond motifs is 1. The molecule has 0 saturated carbocycles. The number of rotatable bonds is 14. The van der Waals surface area contributed by atoms with Gasteiger partial charge >= 0.3 is 5.97 Å². The van der Waals surface area contributed by atoms with Gasteiger partial charge in [-0.05, 0) is 47.6 Å². The standard InChI is InChI=1S/C34H38N4O6/c1-21(2)18-28(31(40)37-29(30(39)35-3)19-22-10-6-4-7-11-22)36-27(34(43)44)16-17-38-32(41)25-15-14-24(20-26(25)33(38)42)23-12-8-5-9-13-23/h4-15,20-21,27-29,36H,16-19H2,1-3H3,(H,35,39)(H,37,40)(H,43,44)/t27-,28+,29+/m1/s1. The minimum absolute atomic E-state index is 0.0234. The number of carboxylic acids is 1. The van der Waals surface area contributed by atoms with Crippen LogP contribution in [0.2, 0.25) is 0 Å². The Bertz CT molecular complexity index is 1510. The quantitative estimate of drug-likeness (QED) is 0.209. The summed E-state index contributed by atoms with van der Waals surface area (Å²) >= 11 is 0. The lowest BCUT2D eigenvalue weighted by Crippen LogP contribution is -2.56. The van der Waals surface area contributed by atoms with Crippen LogP contribution in [-0.2, 0) is 20.8 Å². The smallest absolute Gasteiger partial charge is 0.320 e. The zero-order valence-corrected chi connectivity index (χ0v) is 25.1. The second-order valence-corrected chi connectivity index (χ2v) is 11.3. The topological polar surface area (TPSA) is 145 Å². The van der Waals surface area contributed by atoms with E-state index in [9.17, 15) is 29.1 Å². The Morgan fingerprint density at radius 2 is 1.41 bits per heavy atom. The normalized spacial score (nSPS) is 14.6. The molecule has 4 amide bonds. The van der Waals surface area contributed by atoms with Gasteiger partial charge in [0.05, 0.1) is 17.2 Å². The molecule has 0 unspecified atom stereocenters. The van der Waals surface area contributed by atoms with E-state index in [-0.39, 0.29) is 42.3 Å². The van der Waals surface area contributed by atoms with Gasteiger partial charge in [0.2, 0.25) is 11.8 Å². The molecule has 1 aliphatic heterocycles. The van der Waals surface area contributed by atoms with Gasteiger partial charge in [0.15, 0.2) is 0 Å². The van der Waals surface area contributed by atoms with Crippen molar-refractivity contribution < 1.29 is 29.1 Å². The van der Waals surface area contributed by atoms with Gasteiger partial charge in [0, 0.05) is 20.0 Å². The highest BCUT2D eigenvalue weighted by Gasteiger charge is 2.37. The Morgan fingerprint density at radius 3 is 2.02 bits per heavy atom. The minimum Gasteiger partial charge on any atom is -0.480 e. The van der Waals surface area contributed by atoms with Crippen molar-refractivity contribution in [1.29, 1.82) is 0 Å². The van der Waals surface area contributed by atoms with E-state index in [1.165, 1.54) is 7.05 Å². The average molecular weight is 599 g/mol. The van der Waals surface area contributed by atoms with Crippen LogP contribution in [0.4, 0.5) is 0 Å². The van der Waals surface area contributed by atoms with Crippen LogP contribution in [0.3, 0.4) is 0 Å². The highest BCUT2D eigenvalue weighted by molar-refractivity contribution is 6.21. The molecule has 0 aliphatic carbocycles. The van der Waals surface area contributed by atoms with E-state index in [0.29, 0.717) is 6.42 Å². The number of amides is 4. The molecule has 1 aliphatic rings. The van der Waals surface area contributed by atoms with Crippen LogP contribution in [0.25, 0.3) is 11.1 Å². The molecule has 4 N–H and O–H groups in total. The molecule has 0 radical (unpaired) electrons. The predicted octanol–water partition coefficient (Wildman–Crippen LogP) is 3.27. The first-order valence-electron chi connectivity index (χ1n) is 14.7. The van der Waals surface area contributed by atoms with Gasteiger partial charge in [-0.1, -0.05) is 80.6 Å². The molecule has 10 nitrogen and oxygen atoms in total. The Morgan fingerprint density at radius 1 is 0.773 bits per heavy atom. The summed E-state index contributed by atoms with van der Waals surface area (Å²) in [6, 6.07) is 20.8. The summed E-state index contributed by atoms with van der Waals surface area (Å²) in [4.78, 5) is 65.8. The number of carboxylic acid groups (broad SMARTS) is 1. The molecule has 0 aromatic heterocycles. The van der Waals surface area contributed by atoms with E-state index >= 15 is 0 Å². The number of hydrogen-bond donors (Lipinski definition) is 4. The number of nitrogens with one attached hydrogen (secondary N) is 3. The van der Waals surface area contributed by atoms with Crippen LogP contribution in [0.1, 0.15) is 53.0 Å². The summed E-state index contributed by atoms with van der Waals surface area (Å²) < 4.78 is 0. The number of carbonyl (C=O) groups is 5. The summed E-state index contributed by atoms with van der Waals surface area (Å²) in [5.41, 5.74) is 3.09. The number of benzene rings is 3. The maximum atomic E-state index is 13.5. The second kappa shape index (κ2) is 14.6. The van der Waals surface area contributed by atoms with Gasteiger partial charge in [-0.3, -0.25) is 34.2 Å². The molecular weight excluding hydrogens is 560 g/mol. The Hall–Kier alpha value is -4.83. The van der Waals surface area contributed by atoms with Crippen molar-refractivity contribution >= 4 is 29.6 Å². The summed E-state index contributed by atoms with van der Waals surface area (Å²) in [6.07, 6.45) is 0.447. The third-order valence-electron chi connectivity index (χ3n) is 7.61. The number of likely N-dealkylation sites (N-methyl/N-ethyl adjacent to an activating group) is 1. The highest BCUT2D eigenvalue weighted by Crippen LogP contribution is 2.29. The lowest BCUT2D eigenvalue weighted by molar-refractivity contribution is -0.140. The van der Waals surface area contributed by atoms with Crippen molar-refractivity contribution in [2.24, 2.45) is 5.92 Å². The van der Waals surface area contributed by atoms with Crippen LogP contribution >= 0.6 is 0 Å². The first kappa shape index (κ1) is 32.1. The number of carbonyl (C=O) groups excluding carboxylic acids is 4. The van der Waals surface area contributed by atoms with Crippen molar-refractivity contribution in [2.45, 2.75) is 51.2 Å². The largest absolute Gasteiger partial charge is 0.480 e. The van der Waals surface area contributed by atoms with Crippen LogP contribution in [0, 0.1) is 5.92 Å². The van der Waals surface area contributed by atoms with Crippen LogP contribution in [0.5, 0.6) is 0 Å². The third-order valence-corrected chi connectivity index (χ3v) is 7.61. The number of hydrogen-bond acceptors (Lipinski definition) is 6. The maximum absolute atomic E-state index is 13.5. The van der Waals surface area contributed by atoms with Gasteiger partial charge in [0.25, 0.3) is 11.8 Å². The lowest BCUT2D eigenvalue weighted by Gasteiger charge is -2.27. The first-order chi connectivity index (χ1) is 21.1. The fourth-order valence-electron chi connectivity index (χ4n) is 5.31. The Balaban J connectivity index is 1.46. The van der Waals surface area contributed by atoms with E-state index in [2.05, 4.69) is 16.0 Å². The second-order valence-electron chi connectivity index (χ2n) is 11.3. The van der Waals surface area contributed by atoms with E-state index in [1.54, 1.807) is 18.2 Å². The van der Waals surface area contributed by atoms with Gasteiger partial charge in [0.1, 0.15) is 12.1 Å². The summed E-state index contributed by atoms with van der Waals surface area (Å²) in [7, 11) is 1.48. The van der Waals surface area contributed by atoms with Crippen molar-refractivity contribution in [3.05, 3.63) is 95.6 Å². The Labute approximate surface area is 256 Å². The Kier molecular flexibility index (Phi) is 10.6. The lowest BCUT2D eigenvalue weighted by atomic mass is 10.00. The van der Waals surface area contributed by atoms with E-state index in [0.717, 1.165) is 21.6 Å². The molecule has 0 spiro atoms. The van der Waals surface area contributed by atoms with Crippen LogP contribution < -0.4 is 16.0 Å². The summed E-state index contributed by atoms with van der Waals surface area (Å²) in [5.74, 6) is -3.06. The first-order valence-corrected chi connectivity index (χ1v) is 14.7. The van der Waals surface area contributed by atoms with E-state index in [4.69, 9.17) is 0 Å². The van der Waals surface area contributed by atoms with Crippen molar-refractivity contribution in [3.8, 4) is 11.1 Å². The number of nitrogens with zero attached hydrogens (tertiary/aromatic N) is 1. The molecule has 3 atom stereocenters. The molecule has 3 aromatic rings. The molecule has 44 heavy (non-hydrogen) atoms. The summed E-state index contributed by atoms with van der Waals surface area (Å²) in [6.45, 7) is 3.66. The summed E-state index contributed by atoms with van der Waals surface area (Å²) in [5, 5.41) is 18.3. The van der Waals surface area contributed by atoms with Gasteiger partial charge < -0.3 is 15.7 Å². The third kappa shape index (κ3) is 7.76. The molecule has 0 saturated heterocycles. The van der Waals surface area contributed by atoms with Gasteiger partial charge in [-0.2, -0.15) is 0 Å². The predicted molar refractivity (Wildman–Crippen MR) is 166 cm³/mol. The van der Waals surface area contributed by atoms with Gasteiger partial charge in [-0.15, -0.1) is 0 Å². The van der Waals surface area contributed by atoms with E-state index in [1.807, 2.05) is 74.5 Å². The molecule has 0 fully saturated rings. The zero-order chi connectivity index (χ0) is 31.8. The number of aliphatic carboxylic acids is 1. The zero-order valence-electron chi connectivity index (χ0n) is 25.1. The van der Waals surface area contributed by atoms with Crippen LogP contribution in [-0.4, -0.2) is 71.3 Å². The fourth-order valence-corrected chi connectivity index (χ4v) is 5.31. The molecule has 1 heterocycles. The molecule has 10 heteroatoms. The SMILES string of the molecule is CNC(=O)[C@H](Cc1ccccc1)NC(=O)[C@H](CC(C)C)N[C@H](CCN1C(=O)c2ccc(-c3ccccc3)cc2C1=O)C(=O)O.